The van der Waals surface area contributed by atoms with E-state index < -0.39 is 0 Å². The zero-order valence-electron chi connectivity index (χ0n) is 10.6. The lowest BCUT2D eigenvalue weighted by molar-refractivity contribution is 1.40. The summed E-state index contributed by atoms with van der Waals surface area (Å²) in [4.78, 5) is 9.84. The van der Waals surface area contributed by atoms with Crippen LogP contribution in [-0.2, 0) is 0 Å². The number of nitrogens with one attached hydrogen (secondary N) is 1. The summed E-state index contributed by atoms with van der Waals surface area (Å²) in [5.41, 5.74) is 2.00. The van der Waals surface area contributed by atoms with Crippen LogP contribution in [0.15, 0.2) is 60.8 Å². The monoisotopic (exact) mass is 277 g/mol. The van der Waals surface area contributed by atoms with Gasteiger partial charge in [0.2, 0.25) is 0 Å². The molecular weight excluding hydrogens is 266 g/mol. The van der Waals surface area contributed by atoms with Crippen molar-refractivity contribution in [3.63, 3.8) is 0 Å². The normalized spacial score (nSPS) is 11.0. The summed E-state index contributed by atoms with van der Waals surface area (Å²) in [6.45, 7) is 0. The van der Waals surface area contributed by atoms with Gasteiger partial charge < -0.3 is 5.32 Å². The maximum atomic E-state index is 4.56. The van der Waals surface area contributed by atoms with E-state index in [1.807, 2.05) is 24.3 Å². The SMILES string of the molecule is c1ccc2c(Nc3nc4cccnc4s3)cccc2c1. The van der Waals surface area contributed by atoms with Gasteiger partial charge >= 0.3 is 0 Å². The molecule has 0 saturated carbocycles. The van der Waals surface area contributed by atoms with E-state index in [0.717, 1.165) is 21.2 Å². The molecule has 2 aromatic heterocycles. The Morgan fingerprint density at radius 2 is 1.80 bits per heavy atom. The lowest BCUT2D eigenvalue weighted by Crippen LogP contribution is -1.90. The van der Waals surface area contributed by atoms with Crippen molar-refractivity contribution in [2.24, 2.45) is 0 Å². The highest BCUT2D eigenvalue weighted by Gasteiger charge is 2.06. The molecule has 2 heterocycles. The fourth-order valence-corrected chi connectivity index (χ4v) is 3.09. The average molecular weight is 277 g/mol. The maximum absolute atomic E-state index is 4.56. The van der Waals surface area contributed by atoms with E-state index in [1.165, 1.54) is 10.8 Å². The highest BCUT2D eigenvalue weighted by atomic mass is 32.1. The number of rotatable bonds is 2. The fraction of sp³-hybridized carbons (Fsp3) is 0. The van der Waals surface area contributed by atoms with Gasteiger partial charge in [0.1, 0.15) is 10.3 Å². The minimum absolute atomic E-state index is 0.870. The van der Waals surface area contributed by atoms with Crippen molar-refractivity contribution in [2.75, 3.05) is 5.32 Å². The Bertz CT molecular complexity index is 860. The van der Waals surface area contributed by atoms with Crippen LogP contribution in [0.2, 0.25) is 0 Å². The van der Waals surface area contributed by atoms with Gasteiger partial charge in [0.25, 0.3) is 0 Å². The molecule has 20 heavy (non-hydrogen) atoms. The van der Waals surface area contributed by atoms with Gasteiger partial charge in [-0.15, -0.1) is 0 Å². The molecule has 2 aromatic carbocycles. The summed E-state index contributed by atoms with van der Waals surface area (Å²) in [6.07, 6.45) is 1.79. The average Bonchev–Trinajstić information content (AvgIpc) is 2.90. The van der Waals surface area contributed by atoms with E-state index in [9.17, 15) is 0 Å². The molecule has 0 fully saturated rings. The van der Waals surface area contributed by atoms with Crippen molar-refractivity contribution in [1.29, 1.82) is 0 Å². The van der Waals surface area contributed by atoms with Crippen molar-refractivity contribution in [1.82, 2.24) is 9.97 Å². The predicted octanol–water partition coefficient (Wildman–Crippen LogP) is 4.59. The smallest absolute Gasteiger partial charge is 0.189 e. The summed E-state index contributed by atoms with van der Waals surface area (Å²) in [7, 11) is 0. The summed E-state index contributed by atoms with van der Waals surface area (Å²) >= 11 is 1.57. The summed E-state index contributed by atoms with van der Waals surface area (Å²) in [6, 6.07) is 18.4. The number of anilines is 2. The first-order valence-electron chi connectivity index (χ1n) is 6.36. The molecule has 0 amide bonds. The topological polar surface area (TPSA) is 37.8 Å². The lowest BCUT2D eigenvalue weighted by atomic mass is 10.1. The highest BCUT2D eigenvalue weighted by Crippen LogP contribution is 2.30. The number of hydrogen-bond donors (Lipinski definition) is 1. The molecule has 0 bridgehead atoms. The number of aromatic nitrogens is 2. The Morgan fingerprint density at radius 3 is 2.75 bits per heavy atom. The van der Waals surface area contributed by atoms with Crippen LogP contribution in [0, 0.1) is 0 Å². The summed E-state index contributed by atoms with van der Waals surface area (Å²) in [5, 5.41) is 6.69. The molecule has 0 aliphatic rings. The number of fused-ring (bicyclic) bond motifs is 2. The van der Waals surface area contributed by atoms with Crippen LogP contribution in [0.5, 0.6) is 0 Å². The Labute approximate surface area is 119 Å². The van der Waals surface area contributed by atoms with Crippen molar-refractivity contribution in [3.8, 4) is 0 Å². The molecular formula is C16H11N3S. The zero-order chi connectivity index (χ0) is 13.4. The van der Waals surface area contributed by atoms with Crippen LogP contribution in [0.25, 0.3) is 21.1 Å². The summed E-state index contributed by atoms with van der Waals surface area (Å²) in [5.74, 6) is 0. The number of pyridine rings is 1. The molecule has 0 aliphatic carbocycles. The molecule has 3 nitrogen and oxygen atoms in total. The minimum Gasteiger partial charge on any atom is -0.331 e. The Balaban J connectivity index is 1.80. The van der Waals surface area contributed by atoms with Crippen LogP contribution >= 0.6 is 11.3 Å². The van der Waals surface area contributed by atoms with Crippen molar-refractivity contribution in [2.45, 2.75) is 0 Å². The standard InChI is InChI=1S/C16H11N3S/c1-2-7-12-11(5-1)6-3-8-13(12)18-16-19-14-9-4-10-17-15(14)20-16/h1-10H,(H,18,19). The third kappa shape index (κ3) is 1.90. The third-order valence-electron chi connectivity index (χ3n) is 3.20. The Morgan fingerprint density at radius 1 is 0.900 bits per heavy atom. The lowest BCUT2D eigenvalue weighted by Gasteiger charge is -2.06. The molecule has 0 spiro atoms. The molecule has 0 radical (unpaired) electrons. The van der Waals surface area contributed by atoms with Gasteiger partial charge in [-0.3, -0.25) is 0 Å². The van der Waals surface area contributed by atoms with Gasteiger partial charge in [-0.05, 0) is 23.6 Å². The fourth-order valence-electron chi connectivity index (χ4n) is 2.27. The van der Waals surface area contributed by atoms with Gasteiger partial charge in [-0.2, -0.15) is 0 Å². The number of nitrogens with zero attached hydrogens (tertiary/aromatic N) is 2. The maximum Gasteiger partial charge on any atom is 0.189 e. The molecule has 0 atom stereocenters. The molecule has 96 valence electrons. The molecule has 0 aliphatic heterocycles. The van der Waals surface area contributed by atoms with E-state index >= 15 is 0 Å². The number of hydrogen-bond acceptors (Lipinski definition) is 4. The zero-order valence-corrected chi connectivity index (χ0v) is 11.4. The summed E-state index contributed by atoms with van der Waals surface area (Å²) < 4.78 is 0. The first kappa shape index (κ1) is 11.4. The Kier molecular flexibility index (Phi) is 2.60. The van der Waals surface area contributed by atoms with E-state index in [1.54, 1.807) is 17.5 Å². The van der Waals surface area contributed by atoms with Gasteiger partial charge in [0.05, 0.1) is 0 Å². The van der Waals surface area contributed by atoms with Crippen molar-refractivity contribution in [3.05, 3.63) is 60.8 Å². The second-order valence-electron chi connectivity index (χ2n) is 4.50. The van der Waals surface area contributed by atoms with E-state index in [0.29, 0.717) is 0 Å². The van der Waals surface area contributed by atoms with Crippen LogP contribution in [0.4, 0.5) is 10.8 Å². The molecule has 1 N–H and O–H groups in total. The van der Waals surface area contributed by atoms with Gasteiger partial charge in [-0.25, -0.2) is 9.97 Å². The third-order valence-corrected chi connectivity index (χ3v) is 4.09. The van der Waals surface area contributed by atoms with Gasteiger partial charge in [0.15, 0.2) is 5.13 Å². The second kappa shape index (κ2) is 4.58. The molecule has 4 heteroatoms. The van der Waals surface area contributed by atoms with E-state index in [4.69, 9.17) is 0 Å². The first-order valence-corrected chi connectivity index (χ1v) is 7.18. The Hall–Kier alpha value is -2.46. The molecule has 0 saturated heterocycles. The van der Waals surface area contributed by atoms with Gasteiger partial charge in [-0.1, -0.05) is 47.7 Å². The molecule has 4 aromatic rings. The van der Waals surface area contributed by atoms with Crippen LogP contribution < -0.4 is 5.32 Å². The van der Waals surface area contributed by atoms with Crippen molar-refractivity contribution < 1.29 is 0 Å². The first-order chi connectivity index (χ1) is 9.90. The van der Waals surface area contributed by atoms with Gasteiger partial charge in [0, 0.05) is 17.3 Å². The van der Waals surface area contributed by atoms with Crippen LogP contribution in [0.1, 0.15) is 0 Å². The molecule has 4 rings (SSSR count). The quantitative estimate of drug-likeness (QED) is 0.582. The predicted molar refractivity (Wildman–Crippen MR) is 84.6 cm³/mol. The van der Waals surface area contributed by atoms with Crippen molar-refractivity contribution >= 4 is 43.3 Å². The van der Waals surface area contributed by atoms with Crippen LogP contribution in [0.3, 0.4) is 0 Å². The second-order valence-corrected chi connectivity index (χ2v) is 5.48. The number of thiazole rings is 1. The van der Waals surface area contributed by atoms with E-state index in [-0.39, 0.29) is 0 Å². The largest absolute Gasteiger partial charge is 0.331 e. The van der Waals surface area contributed by atoms with E-state index in [2.05, 4.69) is 45.6 Å². The van der Waals surface area contributed by atoms with Crippen LogP contribution in [-0.4, -0.2) is 9.97 Å². The molecule has 0 unspecified atom stereocenters. The minimum atomic E-state index is 0.870. The highest BCUT2D eigenvalue weighted by molar-refractivity contribution is 7.21. The number of benzene rings is 2.